The first-order valence-corrected chi connectivity index (χ1v) is 10.2. The highest BCUT2D eigenvalue weighted by Crippen LogP contribution is 2.21. The van der Waals surface area contributed by atoms with Crippen LogP contribution in [0.1, 0.15) is 45.9 Å². The highest BCUT2D eigenvalue weighted by molar-refractivity contribution is 5.94. The Balaban J connectivity index is 1.43. The zero-order valence-electron chi connectivity index (χ0n) is 17.8. The van der Waals surface area contributed by atoms with Gasteiger partial charge in [-0.25, -0.2) is 0 Å². The topological polar surface area (TPSA) is 69.3 Å². The first-order valence-electron chi connectivity index (χ1n) is 10.2. The van der Waals surface area contributed by atoms with Gasteiger partial charge in [0.2, 0.25) is 0 Å². The second-order valence-electron chi connectivity index (χ2n) is 7.55. The van der Waals surface area contributed by atoms with E-state index < -0.39 is 0 Å². The van der Waals surface area contributed by atoms with Crippen LogP contribution in [0.25, 0.3) is 5.69 Å². The van der Waals surface area contributed by atoms with E-state index in [1.807, 2.05) is 91.5 Å². The van der Waals surface area contributed by atoms with Crippen LogP contribution >= 0.6 is 0 Å². The molecule has 4 aromatic rings. The molecule has 6 heteroatoms. The van der Waals surface area contributed by atoms with E-state index in [-0.39, 0.29) is 24.2 Å². The first-order chi connectivity index (χ1) is 15.0. The van der Waals surface area contributed by atoms with Gasteiger partial charge in [-0.1, -0.05) is 29.4 Å². The van der Waals surface area contributed by atoms with E-state index in [0.29, 0.717) is 11.3 Å². The number of hydrogen-bond acceptors (Lipinski definition) is 4. The summed E-state index contributed by atoms with van der Waals surface area (Å²) in [7, 11) is 0. The minimum atomic E-state index is -0.290. The van der Waals surface area contributed by atoms with Crippen LogP contribution in [0.5, 0.6) is 5.75 Å². The van der Waals surface area contributed by atoms with Crippen molar-refractivity contribution in [3.8, 4) is 11.4 Å². The Morgan fingerprint density at radius 2 is 1.84 bits per heavy atom. The molecule has 0 bridgehead atoms. The maximum Gasteiger partial charge on any atom is 0.274 e. The van der Waals surface area contributed by atoms with Crippen LogP contribution in [0, 0.1) is 13.8 Å². The molecule has 1 atom stereocenters. The van der Waals surface area contributed by atoms with Gasteiger partial charge in [0.25, 0.3) is 5.91 Å². The third kappa shape index (κ3) is 4.69. The Labute approximate surface area is 181 Å². The lowest BCUT2D eigenvalue weighted by molar-refractivity contribution is 0.0928. The summed E-state index contributed by atoms with van der Waals surface area (Å²) in [6, 6.07) is 19.6. The van der Waals surface area contributed by atoms with Gasteiger partial charge in [0.1, 0.15) is 18.1 Å². The van der Waals surface area contributed by atoms with Crippen molar-refractivity contribution in [1.29, 1.82) is 0 Å². The molecule has 0 saturated carbocycles. The van der Waals surface area contributed by atoms with Gasteiger partial charge in [-0.2, -0.15) is 0 Å². The van der Waals surface area contributed by atoms with E-state index in [2.05, 4.69) is 10.5 Å². The minimum absolute atomic E-state index is 0.186. The Morgan fingerprint density at radius 3 is 2.55 bits per heavy atom. The lowest BCUT2D eigenvalue weighted by atomic mass is 10.1. The molecule has 0 aliphatic rings. The Morgan fingerprint density at radius 1 is 1.10 bits per heavy atom. The number of benzene rings is 2. The summed E-state index contributed by atoms with van der Waals surface area (Å²) < 4.78 is 13.2. The summed E-state index contributed by atoms with van der Waals surface area (Å²) in [6.07, 6.45) is 3.99. The summed E-state index contributed by atoms with van der Waals surface area (Å²) in [5.74, 6) is 1.02. The van der Waals surface area contributed by atoms with Crippen LogP contribution in [0.4, 0.5) is 0 Å². The molecule has 158 valence electrons. The smallest absolute Gasteiger partial charge is 0.274 e. The quantitative estimate of drug-likeness (QED) is 0.453. The van der Waals surface area contributed by atoms with Gasteiger partial charge in [-0.3, -0.25) is 4.79 Å². The Hall–Kier alpha value is -3.80. The van der Waals surface area contributed by atoms with Crippen molar-refractivity contribution in [3.05, 3.63) is 101 Å². The number of aryl methyl sites for hydroxylation is 2. The van der Waals surface area contributed by atoms with E-state index in [1.165, 1.54) is 0 Å². The number of carbonyl (C=O) groups excluding carboxylic acids is 1. The Kier molecular flexibility index (Phi) is 5.89. The summed E-state index contributed by atoms with van der Waals surface area (Å²) in [5, 5.41) is 6.97. The van der Waals surface area contributed by atoms with Crippen LogP contribution < -0.4 is 10.1 Å². The van der Waals surface area contributed by atoms with Crippen LogP contribution in [0.2, 0.25) is 0 Å². The maximum atomic E-state index is 12.9. The van der Waals surface area contributed by atoms with E-state index in [0.717, 1.165) is 22.6 Å². The predicted octanol–water partition coefficient (Wildman–Crippen LogP) is 5.15. The van der Waals surface area contributed by atoms with E-state index in [1.54, 1.807) is 6.92 Å². The molecule has 0 saturated heterocycles. The van der Waals surface area contributed by atoms with Gasteiger partial charge >= 0.3 is 0 Å². The molecule has 31 heavy (non-hydrogen) atoms. The monoisotopic (exact) mass is 415 g/mol. The summed E-state index contributed by atoms with van der Waals surface area (Å²) >= 11 is 0. The number of hydrogen-bond donors (Lipinski definition) is 1. The number of rotatable bonds is 7. The van der Waals surface area contributed by atoms with Crippen LogP contribution in [-0.4, -0.2) is 15.6 Å². The second-order valence-corrected chi connectivity index (χ2v) is 7.55. The molecule has 2 aromatic carbocycles. The van der Waals surface area contributed by atoms with Crippen LogP contribution in [-0.2, 0) is 6.61 Å². The Bertz CT molecular complexity index is 1160. The molecular weight excluding hydrogens is 390 g/mol. The summed E-state index contributed by atoms with van der Waals surface area (Å²) in [6.45, 7) is 5.94. The van der Waals surface area contributed by atoms with Gasteiger partial charge in [0, 0.05) is 18.1 Å². The fraction of sp³-hybridized carbons (Fsp3) is 0.200. The molecule has 2 heterocycles. The predicted molar refractivity (Wildman–Crippen MR) is 118 cm³/mol. The summed E-state index contributed by atoms with van der Waals surface area (Å²) in [5.41, 5.74) is 4.07. The van der Waals surface area contributed by atoms with Gasteiger partial charge in [-0.05, 0) is 68.3 Å². The fourth-order valence-electron chi connectivity index (χ4n) is 3.39. The number of aromatic nitrogens is 2. The van der Waals surface area contributed by atoms with Crippen molar-refractivity contribution in [1.82, 2.24) is 15.0 Å². The normalized spacial score (nSPS) is 11.8. The third-order valence-electron chi connectivity index (χ3n) is 5.22. The molecular formula is C25H25N3O3. The second kappa shape index (κ2) is 8.92. The molecule has 0 radical (unpaired) electrons. The molecule has 0 fully saturated rings. The molecule has 6 nitrogen and oxygen atoms in total. The largest absolute Gasteiger partial charge is 0.489 e. The maximum absolute atomic E-state index is 12.9. The average molecular weight is 415 g/mol. The molecule has 0 aliphatic carbocycles. The molecule has 4 rings (SSSR count). The highest BCUT2D eigenvalue weighted by atomic mass is 16.5. The van der Waals surface area contributed by atoms with Crippen LogP contribution in [0.15, 0.2) is 77.6 Å². The van der Waals surface area contributed by atoms with Crippen molar-refractivity contribution in [2.75, 3.05) is 0 Å². The number of nitrogens with one attached hydrogen (secondary N) is 1. The van der Waals surface area contributed by atoms with Crippen molar-refractivity contribution in [2.24, 2.45) is 0 Å². The molecule has 1 amide bonds. The van der Waals surface area contributed by atoms with Crippen LogP contribution in [0.3, 0.4) is 0 Å². The van der Waals surface area contributed by atoms with Gasteiger partial charge in [0.15, 0.2) is 5.69 Å². The number of amides is 1. The number of nitrogens with zero attached hydrogens (tertiary/aromatic N) is 2. The molecule has 2 aromatic heterocycles. The van der Waals surface area contributed by atoms with E-state index in [4.69, 9.17) is 9.26 Å². The average Bonchev–Trinajstić information content (AvgIpc) is 3.42. The van der Waals surface area contributed by atoms with Gasteiger partial charge in [-0.15, -0.1) is 0 Å². The lowest BCUT2D eigenvalue weighted by Gasteiger charge is -2.15. The van der Waals surface area contributed by atoms with Crippen molar-refractivity contribution < 1.29 is 14.1 Å². The SMILES string of the molecule is Cc1cccc(OCc2c(C(=O)NC(C)c3ccc(-n4cccc4)cc3)noc2C)c1. The first kappa shape index (κ1) is 20.5. The standard InChI is InChI=1S/C25H25N3O3/c1-17-7-6-8-22(15-17)30-16-23-19(3)31-27-24(23)25(29)26-18(2)20-9-11-21(12-10-20)28-13-4-5-14-28/h4-15,18H,16H2,1-3H3,(H,26,29). The zero-order chi connectivity index (χ0) is 21.8. The fourth-order valence-corrected chi connectivity index (χ4v) is 3.39. The molecule has 0 spiro atoms. The third-order valence-corrected chi connectivity index (χ3v) is 5.22. The summed E-state index contributed by atoms with van der Waals surface area (Å²) in [4.78, 5) is 12.9. The number of carbonyl (C=O) groups is 1. The van der Waals surface area contributed by atoms with Gasteiger partial charge < -0.3 is 19.1 Å². The molecule has 1 N–H and O–H groups in total. The van der Waals surface area contributed by atoms with Gasteiger partial charge in [0.05, 0.1) is 11.6 Å². The van der Waals surface area contributed by atoms with E-state index >= 15 is 0 Å². The lowest BCUT2D eigenvalue weighted by Crippen LogP contribution is -2.28. The highest BCUT2D eigenvalue weighted by Gasteiger charge is 2.22. The van der Waals surface area contributed by atoms with Crippen molar-refractivity contribution >= 4 is 5.91 Å². The number of ether oxygens (including phenoxy) is 1. The van der Waals surface area contributed by atoms with E-state index in [9.17, 15) is 4.79 Å². The minimum Gasteiger partial charge on any atom is -0.489 e. The molecule has 1 unspecified atom stereocenters. The zero-order valence-corrected chi connectivity index (χ0v) is 17.8. The van der Waals surface area contributed by atoms with Crippen molar-refractivity contribution in [2.45, 2.75) is 33.4 Å². The van der Waals surface area contributed by atoms with Crippen molar-refractivity contribution in [3.63, 3.8) is 0 Å². The molecule has 0 aliphatic heterocycles.